The summed E-state index contributed by atoms with van der Waals surface area (Å²) in [6.45, 7) is 4.31. The number of hydrogen-bond donors (Lipinski definition) is 1. The number of nitrogens with two attached hydrogens (primary N) is 1. The van der Waals surface area contributed by atoms with Crippen molar-refractivity contribution in [3.05, 3.63) is 83.6 Å². The Morgan fingerprint density at radius 2 is 1.63 bits per heavy atom. The molecule has 0 radical (unpaired) electrons. The minimum atomic E-state index is 0.121. The lowest BCUT2D eigenvalue weighted by atomic mass is 9.98. The normalized spacial score (nSPS) is 18.4. The lowest BCUT2D eigenvalue weighted by Crippen LogP contribution is -2.42. The van der Waals surface area contributed by atoms with Crippen LogP contribution in [-0.2, 0) is 12.8 Å². The van der Waals surface area contributed by atoms with E-state index >= 15 is 0 Å². The fourth-order valence-electron chi connectivity index (χ4n) is 6.51. The van der Waals surface area contributed by atoms with E-state index < -0.39 is 0 Å². The van der Waals surface area contributed by atoms with Crippen LogP contribution in [-0.4, -0.2) is 59.7 Å². The van der Waals surface area contributed by atoms with Gasteiger partial charge in [-0.05, 0) is 111 Å². The minimum absolute atomic E-state index is 0.121. The first-order valence-electron chi connectivity index (χ1n) is 14.8. The average molecular weight is 549 g/mol. The van der Waals surface area contributed by atoms with Crippen LogP contribution in [0.15, 0.2) is 66.7 Å². The number of nitrogen functional groups attached to an aromatic ring is 1. The number of aryl methyl sites for hydroxylation is 2. The van der Waals surface area contributed by atoms with Gasteiger partial charge in [0, 0.05) is 35.9 Å². The van der Waals surface area contributed by atoms with E-state index in [0.29, 0.717) is 0 Å². The van der Waals surface area contributed by atoms with Crippen LogP contribution in [0.4, 0.5) is 5.69 Å². The summed E-state index contributed by atoms with van der Waals surface area (Å²) >= 11 is 0. The highest BCUT2D eigenvalue weighted by Gasteiger charge is 2.32. The highest BCUT2D eigenvalue weighted by atomic mass is 16.7. The zero-order valence-corrected chi connectivity index (χ0v) is 23.4. The summed E-state index contributed by atoms with van der Waals surface area (Å²) in [5.41, 5.74) is 12.4. The number of nitrogens with zero attached hydrogens (tertiary/aromatic N) is 3. The van der Waals surface area contributed by atoms with Crippen molar-refractivity contribution in [2.75, 3.05) is 38.7 Å². The molecule has 7 rings (SSSR count). The third-order valence-corrected chi connectivity index (χ3v) is 8.75. The fourth-order valence-corrected chi connectivity index (χ4v) is 6.51. The standard InChI is InChI=1S/C34H36N4O3/c35-26-10-5-23(6-11-26)7-12-27-20-30(34(39)38-17-3-4-28(38)21-37-15-1-2-16-37)29-18-24(8-13-31(29)36-27)25-9-14-32-33(19-25)41-22-40-32/h5-6,8-11,13-14,18-20,28H,1-4,7,12,15-17,21-22,35H2/t28-/m0/s1. The fraction of sp³-hybridized carbons (Fsp3) is 0.353. The van der Waals surface area contributed by atoms with Gasteiger partial charge in [0.15, 0.2) is 11.5 Å². The molecule has 4 heterocycles. The van der Waals surface area contributed by atoms with Gasteiger partial charge in [-0.1, -0.05) is 24.3 Å². The van der Waals surface area contributed by atoms with E-state index in [1.807, 2.05) is 42.5 Å². The number of anilines is 1. The second-order valence-electron chi connectivity index (χ2n) is 11.5. The molecule has 0 spiro atoms. The lowest BCUT2D eigenvalue weighted by molar-refractivity contribution is 0.0710. The van der Waals surface area contributed by atoms with E-state index in [1.54, 1.807) is 0 Å². The van der Waals surface area contributed by atoms with Crippen molar-refractivity contribution < 1.29 is 14.3 Å². The Kier molecular flexibility index (Phi) is 6.97. The number of carbonyl (C=O) groups excluding carboxylic acids is 1. The molecule has 7 heteroatoms. The number of ether oxygens (including phenoxy) is 2. The monoisotopic (exact) mass is 548 g/mol. The highest BCUT2D eigenvalue weighted by Crippen LogP contribution is 2.37. The summed E-state index contributed by atoms with van der Waals surface area (Å²) in [6, 6.07) is 22.5. The molecule has 2 fully saturated rings. The van der Waals surface area contributed by atoms with Gasteiger partial charge in [0.25, 0.3) is 5.91 Å². The molecule has 0 unspecified atom stereocenters. The first-order chi connectivity index (χ1) is 20.1. The van der Waals surface area contributed by atoms with Gasteiger partial charge in [0.05, 0.1) is 11.1 Å². The quantitative estimate of drug-likeness (QED) is 0.299. The molecule has 0 saturated carbocycles. The molecule has 1 atom stereocenters. The molecule has 3 aliphatic heterocycles. The number of rotatable bonds is 7. The van der Waals surface area contributed by atoms with Gasteiger partial charge in [-0.2, -0.15) is 0 Å². The predicted octanol–water partition coefficient (Wildman–Crippen LogP) is 5.70. The summed E-state index contributed by atoms with van der Waals surface area (Å²) in [7, 11) is 0. The van der Waals surface area contributed by atoms with E-state index in [2.05, 4.69) is 34.1 Å². The van der Waals surface area contributed by atoms with Gasteiger partial charge in [0.1, 0.15) is 0 Å². The second kappa shape index (κ2) is 11.1. The van der Waals surface area contributed by atoms with E-state index in [4.69, 9.17) is 20.2 Å². The number of hydrogen-bond acceptors (Lipinski definition) is 6. The molecular weight excluding hydrogens is 512 g/mol. The Labute approximate surface area is 240 Å². The molecule has 2 saturated heterocycles. The molecule has 4 aromatic rings. The van der Waals surface area contributed by atoms with Crippen LogP contribution in [0, 0.1) is 0 Å². The molecule has 3 aliphatic rings. The third-order valence-electron chi connectivity index (χ3n) is 8.75. The largest absolute Gasteiger partial charge is 0.454 e. The van der Waals surface area contributed by atoms with Crippen molar-refractivity contribution >= 4 is 22.5 Å². The molecular formula is C34H36N4O3. The van der Waals surface area contributed by atoms with Crippen molar-refractivity contribution in [1.29, 1.82) is 0 Å². The van der Waals surface area contributed by atoms with Gasteiger partial charge in [0.2, 0.25) is 6.79 Å². The van der Waals surface area contributed by atoms with Gasteiger partial charge >= 0.3 is 0 Å². The first-order valence-corrected chi connectivity index (χ1v) is 14.8. The SMILES string of the molecule is Nc1ccc(CCc2cc(C(=O)N3CCC[C@H]3CN3CCCC3)c3cc(-c4ccc5c(c4)OCO5)ccc3n2)cc1. The molecule has 1 aromatic heterocycles. The molecule has 41 heavy (non-hydrogen) atoms. The number of aromatic nitrogens is 1. The van der Waals surface area contributed by atoms with Gasteiger partial charge in [-0.25, -0.2) is 0 Å². The van der Waals surface area contributed by atoms with Crippen molar-refractivity contribution in [3.63, 3.8) is 0 Å². The number of likely N-dealkylation sites (tertiary alicyclic amines) is 2. The van der Waals surface area contributed by atoms with E-state index in [0.717, 1.165) is 102 Å². The molecule has 210 valence electrons. The zero-order chi connectivity index (χ0) is 27.8. The van der Waals surface area contributed by atoms with Crippen molar-refractivity contribution in [2.45, 2.75) is 44.6 Å². The highest BCUT2D eigenvalue weighted by molar-refractivity contribution is 6.07. The molecule has 7 nitrogen and oxygen atoms in total. The van der Waals surface area contributed by atoms with Crippen LogP contribution in [0.25, 0.3) is 22.0 Å². The maximum Gasteiger partial charge on any atom is 0.254 e. The van der Waals surface area contributed by atoms with Crippen molar-refractivity contribution in [3.8, 4) is 22.6 Å². The second-order valence-corrected chi connectivity index (χ2v) is 11.5. The molecule has 0 bridgehead atoms. The maximum atomic E-state index is 14.3. The predicted molar refractivity (Wildman–Crippen MR) is 161 cm³/mol. The number of carbonyl (C=O) groups is 1. The van der Waals surface area contributed by atoms with Crippen molar-refractivity contribution in [2.24, 2.45) is 0 Å². The Morgan fingerprint density at radius 1 is 0.854 bits per heavy atom. The van der Waals surface area contributed by atoms with Gasteiger partial charge < -0.3 is 25.0 Å². The number of pyridine rings is 1. The molecule has 2 N–H and O–H groups in total. The molecule has 1 amide bonds. The smallest absolute Gasteiger partial charge is 0.254 e. The molecule has 3 aromatic carbocycles. The van der Waals surface area contributed by atoms with Crippen LogP contribution < -0.4 is 15.2 Å². The Morgan fingerprint density at radius 3 is 2.49 bits per heavy atom. The number of amides is 1. The maximum absolute atomic E-state index is 14.3. The van der Waals surface area contributed by atoms with Crippen LogP contribution in [0.2, 0.25) is 0 Å². The van der Waals surface area contributed by atoms with Crippen molar-refractivity contribution in [1.82, 2.24) is 14.8 Å². The van der Waals surface area contributed by atoms with Crippen LogP contribution in [0.3, 0.4) is 0 Å². The van der Waals surface area contributed by atoms with Crippen LogP contribution in [0.5, 0.6) is 11.5 Å². The van der Waals surface area contributed by atoms with Gasteiger partial charge in [-0.15, -0.1) is 0 Å². The van der Waals surface area contributed by atoms with Crippen LogP contribution >= 0.6 is 0 Å². The number of benzene rings is 3. The Balaban J connectivity index is 1.24. The summed E-state index contributed by atoms with van der Waals surface area (Å²) < 4.78 is 11.1. The van der Waals surface area contributed by atoms with E-state index in [-0.39, 0.29) is 18.7 Å². The molecule has 0 aliphatic carbocycles. The Bertz CT molecular complexity index is 1580. The average Bonchev–Trinajstić information content (AvgIpc) is 3.78. The minimum Gasteiger partial charge on any atom is -0.454 e. The number of fused-ring (bicyclic) bond motifs is 2. The summed E-state index contributed by atoms with van der Waals surface area (Å²) in [4.78, 5) is 24.0. The van der Waals surface area contributed by atoms with Gasteiger partial charge in [-0.3, -0.25) is 9.78 Å². The zero-order valence-electron chi connectivity index (χ0n) is 23.4. The third kappa shape index (κ3) is 5.34. The first kappa shape index (κ1) is 25.8. The van der Waals surface area contributed by atoms with E-state index in [9.17, 15) is 4.79 Å². The Hall–Kier alpha value is -4.10. The van der Waals surface area contributed by atoms with Crippen LogP contribution in [0.1, 0.15) is 47.3 Å². The lowest BCUT2D eigenvalue weighted by Gasteiger charge is -2.29. The van der Waals surface area contributed by atoms with E-state index in [1.165, 1.54) is 18.4 Å². The summed E-state index contributed by atoms with van der Waals surface area (Å²) in [5, 5.41) is 0.897. The topological polar surface area (TPSA) is 80.9 Å². The summed E-state index contributed by atoms with van der Waals surface area (Å²) in [6.07, 6.45) is 6.23. The summed E-state index contributed by atoms with van der Waals surface area (Å²) in [5.74, 6) is 1.63.